The van der Waals surface area contributed by atoms with E-state index in [1.807, 2.05) is 91.6 Å². The van der Waals surface area contributed by atoms with E-state index in [9.17, 15) is 9.59 Å². The van der Waals surface area contributed by atoms with E-state index in [1.165, 1.54) is 17.3 Å². The Morgan fingerprint density at radius 2 is 1.69 bits per heavy atom. The quantitative estimate of drug-likeness (QED) is 0.359. The van der Waals surface area contributed by atoms with E-state index in [2.05, 4.69) is 28.9 Å². The summed E-state index contributed by atoms with van der Waals surface area (Å²) in [6.45, 7) is 4.08. The van der Waals surface area contributed by atoms with E-state index < -0.39 is 0 Å². The largest absolute Gasteiger partial charge is 0.326 e. The third kappa shape index (κ3) is 5.37. The molecule has 3 amide bonds. The van der Waals surface area contributed by atoms with Crippen LogP contribution in [0.2, 0.25) is 0 Å². The summed E-state index contributed by atoms with van der Waals surface area (Å²) in [6.07, 6.45) is 8.25. The van der Waals surface area contributed by atoms with Crippen LogP contribution >= 0.6 is 23.5 Å². The van der Waals surface area contributed by atoms with Crippen LogP contribution in [0.25, 0.3) is 0 Å². The molecule has 0 saturated carbocycles. The Kier molecular flexibility index (Phi) is 7.20. The average Bonchev–Trinajstić information content (AvgIpc) is 2.88. The zero-order valence-electron chi connectivity index (χ0n) is 20.1. The number of nitrogens with zero attached hydrogens (tertiary/aromatic N) is 1. The van der Waals surface area contributed by atoms with Gasteiger partial charge in [0.15, 0.2) is 0 Å². The number of carbonyl (C=O) groups is 2. The number of fused-ring (bicyclic) bond motifs is 2. The maximum atomic E-state index is 13.5. The molecule has 1 aliphatic heterocycles. The fourth-order valence-corrected chi connectivity index (χ4v) is 6.25. The van der Waals surface area contributed by atoms with Gasteiger partial charge in [0.2, 0.25) is 5.91 Å². The summed E-state index contributed by atoms with van der Waals surface area (Å²) in [5.41, 5.74) is 4.75. The molecule has 0 spiro atoms. The second kappa shape index (κ2) is 10.7. The Morgan fingerprint density at radius 1 is 0.889 bits per heavy atom. The van der Waals surface area contributed by atoms with Gasteiger partial charge in [-0.3, -0.25) is 9.69 Å². The molecule has 3 aromatic carbocycles. The van der Waals surface area contributed by atoms with Crippen molar-refractivity contribution in [3.8, 4) is 0 Å². The normalized spacial score (nSPS) is 17.8. The first-order valence-corrected chi connectivity index (χ1v) is 13.7. The van der Waals surface area contributed by atoms with Crippen LogP contribution in [0.3, 0.4) is 0 Å². The summed E-state index contributed by atoms with van der Waals surface area (Å²) < 4.78 is 0. The Hall–Kier alpha value is -3.42. The van der Waals surface area contributed by atoms with Gasteiger partial charge in [-0.15, -0.1) is 23.5 Å². The first-order chi connectivity index (χ1) is 17.5. The molecule has 2 aliphatic rings. The minimum absolute atomic E-state index is 0.0541. The first-order valence-electron chi connectivity index (χ1n) is 11.8. The number of anilines is 3. The van der Waals surface area contributed by atoms with Gasteiger partial charge in [0.25, 0.3) is 0 Å². The molecule has 2 unspecified atom stereocenters. The standard InChI is InChI=1S/C29H27N3O2S2/c1-19-14-15-22(16-20(19)2)30-28(33)18-35-23-9-7-8-21(17-23)31-29(34)32-24-10-3-5-12-26(24)36-27-13-6-4-11-25(27)32/h3-17,24,26H,18H2,1-2H3,(H,30,33)(H,31,34). The first kappa shape index (κ1) is 24.3. The smallest absolute Gasteiger partial charge is 0.325 e. The molecule has 5 nitrogen and oxygen atoms in total. The molecule has 3 aromatic rings. The topological polar surface area (TPSA) is 61.4 Å². The number of hydrogen-bond acceptors (Lipinski definition) is 4. The molecule has 7 heteroatoms. The Balaban J connectivity index is 1.25. The second-order valence-corrected chi connectivity index (χ2v) is 11.0. The van der Waals surface area contributed by atoms with Crippen molar-refractivity contribution in [1.82, 2.24) is 0 Å². The molecular formula is C29H27N3O2S2. The fourth-order valence-electron chi connectivity index (χ4n) is 4.24. The number of aryl methyl sites for hydroxylation is 2. The molecule has 0 fully saturated rings. The van der Waals surface area contributed by atoms with Crippen LogP contribution in [0.1, 0.15) is 11.1 Å². The van der Waals surface area contributed by atoms with Crippen LogP contribution in [-0.4, -0.2) is 29.0 Å². The van der Waals surface area contributed by atoms with Crippen molar-refractivity contribution in [1.29, 1.82) is 0 Å². The van der Waals surface area contributed by atoms with Crippen LogP contribution in [0.5, 0.6) is 0 Å². The number of carbonyl (C=O) groups excluding carboxylic acids is 2. The monoisotopic (exact) mass is 513 g/mol. The van der Waals surface area contributed by atoms with Crippen LogP contribution in [0.15, 0.2) is 101 Å². The highest BCUT2D eigenvalue weighted by Gasteiger charge is 2.36. The van der Waals surface area contributed by atoms with Gasteiger partial charge in [0.1, 0.15) is 0 Å². The number of para-hydroxylation sites is 1. The van der Waals surface area contributed by atoms with Gasteiger partial charge in [0, 0.05) is 21.2 Å². The number of amides is 3. The number of nitrogens with one attached hydrogen (secondary N) is 2. The van der Waals surface area contributed by atoms with Gasteiger partial charge in [-0.05, 0) is 67.4 Å². The summed E-state index contributed by atoms with van der Waals surface area (Å²) in [5, 5.41) is 6.20. The van der Waals surface area contributed by atoms with Crippen molar-refractivity contribution in [2.24, 2.45) is 0 Å². The average molecular weight is 514 g/mol. The molecule has 0 bridgehead atoms. The maximum absolute atomic E-state index is 13.5. The highest BCUT2D eigenvalue weighted by Crippen LogP contribution is 2.43. The minimum atomic E-state index is -0.174. The van der Waals surface area contributed by atoms with E-state index >= 15 is 0 Å². The van der Waals surface area contributed by atoms with Gasteiger partial charge in [-0.1, -0.05) is 48.6 Å². The van der Waals surface area contributed by atoms with Gasteiger partial charge >= 0.3 is 6.03 Å². The predicted molar refractivity (Wildman–Crippen MR) is 151 cm³/mol. The molecule has 1 aliphatic carbocycles. The van der Waals surface area contributed by atoms with Crippen molar-refractivity contribution in [3.63, 3.8) is 0 Å². The Bertz CT molecular complexity index is 1370. The number of urea groups is 1. The van der Waals surface area contributed by atoms with Crippen molar-refractivity contribution in [3.05, 3.63) is 102 Å². The van der Waals surface area contributed by atoms with Gasteiger partial charge < -0.3 is 10.6 Å². The second-order valence-electron chi connectivity index (χ2n) is 8.77. The lowest BCUT2D eigenvalue weighted by Gasteiger charge is -2.40. The zero-order valence-corrected chi connectivity index (χ0v) is 21.7. The van der Waals surface area contributed by atoms with Crippen LogP contribution in [-0.2, 0) is 4.79 Å². The number of thioether (sulfide) groups is 2. The summed E-state index contributed by atoms with van der Waals surface area (Å²) in [4.78, 5) is 29.8. The van der Waals surface area contributed by atoms with Crippen molar-refractivity contribution >= 4 is 52.5 Å². The van der Waals surface area contributed by atoms with Crippen LogP contribution in [0.4, 0.5) is 21.9 Å². The summed E-state index contributed by atoms with van der Waals surface area (Å²) >= 11 is 3.22. The fraction of sp³-hybridized carbons (Fsp3) is 0.172. The Morgan fingerprint density at radius 3 is 2.56 bits per heavy atom. The number of benzene rings is 3. The van der Waals surface area contributed by atoms with E-state index in [-0.39, 0.29) is 29.0 Å². The lowest BCUT2D eigenvalue weighted by atomic mass is 10.1. The van der Waals surface area contributed by atoms with Crippen LogP contribution < -0.4 is 15.5 Å². The van der Waals surface area contributed by atoms with Gasteiger partial charge in [-0.2, -0.15) is 0 Å². The Labute approximate surface area is 220 Å². The summed E-state index contributed by atoms with van der Waals surface area (Å²) in [6, 6.07) is 21.3. The summed E-state index contributed by atoms with van der Waals surface area (Å²) in [5.74, 6) is 0.213. The molecular weight excluding hydrogens is 486 g/mol. The number of allylic oxidation sites excluding steroid dienone is 2. The third-order valence-electron chi connectivity index (χ3n) is 6.21. The van der Waals surface area contributed by atoms with Crippen molar-refractivity contribution in [2.45, 2.75) is 34.9 Å². The van der Waals surface area contributed by atoms with Gasteiger partial charge in [-0.25, -0.2) is 4.79 Å². The molecule has 182 valence electrons. The molecule has 2 atom stereocenters. The predicted octanol–water partition coefficient (Wildman–Crippen LogP) is 7.04. The molecule has 0 aromatic heterocycles. The van der Waals surface area contributed by atoms with E-state index in [0.717, 1.165) is 26.7 Å². The summed E-state index contributed by atoms with van der Waals surface area (Å²) in [7, 11) is 0. The SMILES string of the molecule is Cc1ccc(NC(=O)CSc2cccc(NC(=O)N3c4ccccc4SC4C=CC=CC43)c2)cc1C. The van der Waals surface area contributed by atoms with Crippen LogP contribution in [0, 0.1) is 13.8 Å². The molecule has 2 N–H and O–H groups in total. The number of hydrogen-bond donors (Lipinski definition) is 2. The highest BCUT2D eigenvalue weighted by atomic mass is 32.2. The lowest BCUT2D eigenvalue weighted by Crippen LogP contribution is -2.49. The van der Waals surface area contributed by atoms with Crippen molar-refractivity contribution in [2.75, 3.05) is 21.3 Å². The van der Waals surface area contributed by atoms with Crippen molar-refractivity contribution < 1.29 is 9.59 Å². The molecule has 1 heterocycles. The maximum Gasteiger partial charge on any atom is 0.326 e. The molecule has 5 rings (SSSR count). The minimum Gasteiger partial charge on any atom is -0.325 e. The van der Waals surface area contributed by atoms with E-state index in [0.29, 0.717) is 5.69 Å². The third-order valence-corrected chi connectivity index (χ3v) is 8.51. The lowest BCUT2D eigenvalue weighted by molar-refractivity contribution is -0.113. The molecule has 0 radical (unpaired) electrons. The molecule has 36 heavy (non-hydrogen) atoms. The highest BCUT2D eigenvalue weighted by molar-refractivity contribution is 8.00. The molecule has 0 saturated heterocycles. The van der Waals surface area contributed by atoms with E-state index in [1.54, 1.807) is 11.8 Å². The van der Waals surface area contributed by atoms with Gasteiger partial charge in [0.05, 0.1) is 22.7 Å². The van der Waals surface area contributed by atoms with E-state index in [4.69, 9.17) is 0 Å². The number of rotatable bonds is 5. The zero-order chi connectivity index (χ0) is 25.1.